The third-order valence-electron chi connectivity index (χ3n) is 8.29. The van der Waals surface area contributed by atoms with Crippen LogP contribution in [-0.4, -0.2) is 81.4 Å². The zero-order valence-electron chi connectivity index (χ0n) is 27.2. The summed E-state index contributed by atoms with van der Waals surface area (Å²) in [7, 11) is -1.24. The standard InChI is InChI=1S/C34H34ClN7O6Si/c1-19-39-40-32-25(38-31(20-8-10-21(35)11-9-20)24-16-22(48-2)12-13-27(24)41(19)32)18-30(43)36-14-15-37-33(44)28-17-23-26(42(28)34(45)46)6-5-7-29(23)49(3,4)47/h5-13,16-17,25,47H,14-15,18H2,1-4H3,(H,36,43)(H,37,44)(H,45,46)/t25-/m0/s1. The van der Waals surface area contributed by atoms with Gasteiger partial charge in [0.2, 0.25) is 14.2 Å². The van der Waals surface area contributed by atoms with E-state index < -0.39 is 26.4 Å². The highest BCUT2D eigenvalue weighted by atomic mass is 35.5. The Bertz CT molecular complexity index is 2140. The quantitative estimate of drug-likeness (QED) is 0.132. The molecule has 0 spiro atoms. The fraction of sp³-hybridized carbons (Fsp3) is 0.235. The summed E-state index contributed by atoms with van der Waals surface area (Å²) in [5, 5.41) is 25.8. The molecule has 2 amide bonds. The van der Waals surface area contributed by atoms with Crippen LogP contribution >= 0.6 is 11.6 Å². The van der Waals surface area contributed by atoms with Crippen LogP contribution in [0.5, 0.6) is 5.75 Å². The number of benzene rings is 3. The molecule has 2 aromatic heterocycles. The van der Waals surface area contributed by atoms with Crippen molar-refractivity contribution >= 4 is 59.6 Å². The van der Waals surface area contributed by atoms with Crippen LogP contribution in [0, 0.1) is 6.92 Å². The summed E-state index contributed by atoms with van der Waals surface area (Å²) in [5.41, 5.74) is 3.20. The Morgan fingerprint density at radius 2 is 1.73 bits per heavy atom. The largest absolute Gasteiger partial charge is 0.497 e. The molecule has 0 bridgehead atoms. The Balaban J connectivity index is 1.20. The molecular weight excluding hydrogens is 666 g/mol. The van der Waals surface area contributed by atoms with Crippen LogP contribution in [0.25, 0.3) is 16.6 Å². The van der Waals surface area contributed by atoms with E-state index in [1.807, 2.05) is 41.8 Å². The van der Waals surface area contributed by atoms with Crippen LogP contribution < -0.4 is 20.6 Å². The minimum atomic E-state index is -2.83. The highest BCUT2D eigenvalue weighted by Gasteiger charge is 2.31. The van der Waals surface area contributed by atoms with Crippen molar-refractivity contribution in [3.63, 3.8) is 0 Å². The topological polar surface area (TPSA) is 173 Å². The van der Waals surface area contributed by atoms with Gasteiger partial charge >= 0.3 is 6.09 Å². The molecule has 1 aliphatic heterocycles. The molecule has 252 valence electrons. The van der Waals surface area contributed by atoms with Crippen LogP contribution in [0.1, 0.15) is 45.7 Å². The number of ether oxygens (including phenoxy) is 1. The van der Waals surface area contributed by atoms with E-state index in [9.17, 15) is 24.3 Å². The number of nitrogens with one attached hydrogen (secondary N) is 2. The Morgan fingerprint density at radius 3 is 2.43 bits per heavy atom. The third kappa shape index (κ3) is 6.57. The van der Waals surface area contributed by atoms with Crippen molar-refractivity contribution in [1.29, 1.82) is 0 Å². The van der Waals surface area contributed by atoms with E-state index >= 15 is 0 Å². The second-order valence-electron chi connectivity index (χ2n) is 12.1. The van der Waals surface area contributed by atoms with Gasteiger partial charge in [-0.05, 0) is 67.7 Å². The number of hydrogen-bond donors (Lipinski definition) is 4. The number of hydrogen-bond acceptors (Lipinski definition) is 8. The van der Waals surface area contributed by atoms with Crippen molar-refractivity contribution in [2.24, 2.45) is 4.99 Å². The molecule has 1 atom stereocenters. The number of aryl methyl sites for hydroxylation is 1. The van der Waals surface area contributed by atoms with Gasteiger partial charge in [0, 0.05) is 34.6 Å². The summed E-state index contributed by atoms with van der Waals surface area (Å²) in [5.74, 6) is 0.779. The predicted molar refractivity (Wildman–Crippen MR) is 187 cm³/mol. The van der Waals surface area contributed by atoms with Gasteiger partial charge in [-0.25, -0.2) is 9.36 Å². The first-order valence-electron chi connectivity index (χ1n) is 15.5. The molecule has 6 rings (SSSR count). The van der Waals surface area contributed by atoms with Gasteiger partial charge in [0.25, 0.3) is 5.91 Å². The van der Waals surface area contributed by atoms with E-state index in [0.717, 1.165) is 21.4 Å². The number of fused-ring (bicyclic) bond motifs is 4. The summed E-state index contributed by atoms with van der Waals surface area (Å²) in [6.45, 7) is 5.38. The molecule has 13 nitrogen and oxygen atoms in total. The van der Waals surface area contributed by atoms with Crippen molar-refractivity contribution in [2.45, 2.75) is 32.5 Å². The Labute approximate surface area is 287 Å². The molecule has 0 radical (unpaired) electrons. The van der Waals surface area contributed by atoms with Gasteiger partial charge in [-0.2, -0.15) is 0 Å². The van der Waals surface area contributed by atoms with Gasteiger partial charge in [-0.3, -0.25) is 19.1 Å². The lowest BCUT2D eigenvalue weighted by Crippen LogP contribution is -2.41. The van der Waals surface area contributed by atoms with Crippen molar-refractivity contribution in [1.82, 2.24) is 30.0 Å². The maximum atomic E-state index is 13.3. The smallest absolute Gasteiger partial charge is 0.416 e. The fourth-order valence-electron chi connectivity index (χ4n) is 6.03. The monoisotopic (exact) mass is 699 g/mol. The first kappa shape index (κ1) is 33.6. The van der Waals surface area contributed by atoms with Gasteiger partial charge in [0.15, 0.2) is 5.82 Å². The SMILES string of the molecule is COc1ccc2c(c1)C(c1ccc(Cl)cc1)=N[C@@H](CC(=O)NCCNC(=O)c1cc3c([Si](C)(C)O)cccc3n1C(=O)O)c1nnc(C)n1-2. The minimum Gasteiger partial charge on any atom is -0.497 e. The molecule has 3 heterocycles. The molecule has 0 saturated heterocycles. The fourth-order valence-corrected chi connectivity index (χ4v) is 7.52. The summed E-state index contributed by atoms with van der Waals surface area (Å²) in [6, 6.07) is 18.7. The third-order valence-corrected chi connectivity index (χ3v) is 10.3. The highest BCUT2D eigenvalue weighted by Crippen LogP contribution is 2.34. The van der Waals surface area contributed by atoms with Crippen molar-refractivity contribution in [3.05, 3.63) is 100 Å². The normalized spacial score (nSPS) is 14.0. The molecule has 0 saturated carbocycles. The molecule has 0 fully saturated rings. The number of aromatic nitrogens is 4. The highest BCUT2D eigenvalue weighted by molar-refractivity contribution is 6.85. The summed E-state index contributed by atoms with van der Waals surface area (Å²) < 4.78 is 8.30. The number of halogens is 1. The Morgan fingerprint density at radius 1 is 1.00 bits per heavy atom. The lowest BCUT2D eigenvalue weighted by Gasteiger charge is -2.15. The number of rotatable bonds is 9. The molecular formula is C34H34ClN7O6Si. The van der Waals surface area contributed by atoms with Gasteiger partial charge in [0.1, 0.15) is 23.3 Å². The van der Waals surface area contributed by atoms with Crippen LogP contribution in [0.4, 0.5) is 4.79 Å². The van der Waals surface area contributed by atoms with E-state index in [1.165, 1.54) is 6.07 Å². The average Bonchev–Trinajstić information content (AvgIpc) is 3.62. The second-order valence-corrected chi connectivity index (χ2v) is 16.2. The predicted octanol–water partition coefficient (Wildman–Crippen LogP) is 3.95. The van der Waals surface area contributed by atoms with E-state index in [0.29, 0.717) is 44.2 Å². The number of aliphatic imine (C=N–C) groups is 1. The first-order chi connectivity index (χ1) is 23.4. The average molecular weight is 700 g/mol. The van der Waals surface area contributed by atoms with Gasteiger partial charge < -0.3 is 25.3 Å². The van der Waals surface area contributed by atoms with E-state index in [-0.39, 0.29) is 31.1 Å². The lowest BCUT2D eigenvalue weighted by atomic mass is 10.00. The number of carbonyl (C=O) groups excluding carboxylic acids is 2. The molecule has 4 N–H and O–H groups in total. The van der Waals surface area contributed by atoms with Crippen molar-refractivity contribution < 1.29 is 29.0 Å². The molecule has 0 unspecified atom stereocenters. The summed E-state index contributed by atoms with van der Waals surface area (Å²) in [6.07, 6.45) is -1.39. The lowest BCUT2D eigenvalue weighted by molar-refractivity contribution is -0.121. The number of amides is 2. The maximum absolute atomic E-state index is 13.3. The molecule has 5 aromatic rings. The first-order valence-corrected chi connectivity index (χ1v) is 18.8. The van der Waals surface area contributed by atoms with E-state index in [4.69, 9.17) is 21.3 Å². The van der Waals surface area contributed by atoms with Crippen molar-refractivity contribution in [3.8, 4) is 11.4 Å². The number of nitrogens with zero attached hydrogens (tertiary/aromatic N) is 5. The van der Waals surface area contributed by atoms with Crippen LogP contribution in [0.3, 0.4) is 0 Å². The van der Waals surface area contributed by atoms with Crippen LogP contribution in [-0.2, 0) is 4.79 Å². The van der Waals surface area contributed by atoms with Gasteiger partial charge in [-0.1, -0.05) is 35.9 Å². The molecule has 49 heavy (non-hydrogen) atoms. The number of methoxy groups -OCH3 is 1. The zero-order chi connectivity index (χ0) is 35.0. The van der Waals surface area contributed by atoms with E-state index in [2.05, 4.69) is 20.8 Å². The van der Waals surface area contributed by atoms with Gasteiger partial charge in [0.05, 0.1) is 30.4 Å². The van der Waals surface area contributed by atoms with Crippen LogP contribution in [0.15, 0.2) is 71.7 Å². The molecule has 1 aliphatic rings. The molecule has 15 heteroatoms. The van der Waals surface area contributed by atoms with Crippen molar-refractivity contribution in [2.75, 3.05) is 20.2 Å². The van der Waals surface area contributed by atoms with Crippen LogP contribution in [0.2, 0.25) is 18.1 Å². The van der Waals surface area contributed by atoms with E-state index in [1.54, 1.807) is 50.5 Å². The zero-order valence-corrected chi connectivity index (χ0v) is 28.9. The second kappa shape index (κ2) is 13.3. The van der Waals surface area contributed by atoms with Gasteiger partial charge in [-0.15, -0.1) is 10.2 Å². The number of carbonyl (C=O) groups is 3. The molecule has 3 aromatic carbocycles. The molecule has 0 aliphatic carbocycles. The summed E-state index contributed by atoms with van der Waals surface area (Å²) >= 11 is 6.19. The summed E-state index contributed by atoms with van der Waals surface area (Å²) in [4.78, 5) is 54.4. The maximum Gasteiger partial charge on any atom is 0.416 e. The Kier molecular flexibility index (Phi) is 9.11. The minimum absolute atomic E-state index is 0.0311. The Hall–Kier alpha value is -5.31. The number of carboxylic acid groups (broad SMARTS) is 1.